The van der Waals surface area contributed by atoms with Crippen molar-refractivity contribution in [1.29, 1.82) is 0 Å². The van der Waals surface area contributed by atoms with Gasteiger partial charge in [-0.15, -0.1) is 0 Å². The quantitative estimate of drug-likeness (QED) is 0.599. The Morgan fingerprint density at radius 3 is 2.65 bits per heavy atom. The summed E-state index contributed by atoms with van der Waals surface area (Å²) in [5.41, 5.74) is -0.475. The van der Waals surface area contributed by atoms with Crippen LogP contribution in [0.4, 0.5) is 13.2 Å². The van der Waals surface area contributed by atoms with Crippen LogP contribution in [0.1, 0.15) is 18.2 Å². The Morgan fingerprint density at radius 2 is 2.04 bits per heavy atom. The van der Waals surface area contributed by atoms with Crippen molar-refractivity contribution in [2.75, 3.05) is 6.54 Å². The lowest BCUT2D eigenvalue weighted by molar-refractivity contribution is -0.137. The first kappa shape index (κ1) is 18.5. The fraction of sp³-hybridized carbons (Fsp3) is 0.176. The van der Waals surface area contributed by atoms with Crippen molar-refractivity contribution in [2.24, 2.45) is 0 Å². The average Bonchev–Trinajstić information content (AvgIpc) is 3.12. The number of furan rings is 1. The van der Waals surface area contributed by atoms with Crippen LogP contribution < -0.4 is 5.32 Å². The summed E-state index contributed by atoms with van der Waals surface area (Å²) in [4.78, 5) is 13.5. The highest BCUT2D eigenvalue weighted by Gasteiger charge is 2.33. The lowest BCUT2D eigenvalue weighted by Crippen LogP contribution is -2.30. The summed E-state index contributed by atoms with van der Waals surface area (Å²) in [6.07, 6.45) is -3.11. The molecule has 0 saturated carbocycles. The van der Waals surface area contributed by atoms with E-state index in [1.165, 1.54) is 29.2 Å². The first-order valence-electron chi connectivity index (χ1n) is 7.52. The number of amides is 1. The van der Waals surface area contributed by atoms with E-state index in [0.717, 1.165) is 6.07 Å². The van der Waals surface area contributed by atoms with Crippen LogP contribution in [0.5, 0.6) is 0 Å². The molecule has 0 atom stereocenters. The molecule has 9 heteroatoms. The summed E-state index contributed by atoms with van der Waals surface area (Å²) in [6, 6.07) is 6.59. The zero-order chi connectivity index (χ0) is 19.1. The molecule has 136 valence electrons. The molecule has 1 aromatic carbocycles. The van der Waals surface area contributed by atoms with Gasteiger partial charge in [0.1, 0.15) is 17.2 Å². The predicted molar refractivity (Wildman–Crippen MR) is 95.3 cm³/mol. The highest BCUT2D eigenvalue weighted by Crippen LogP contribution is 2.37. The number of nitrogens with one attached hydrogen (secondary N) is 1. The van der Waals surface area contributed by atoms with Crippen LogP contribution in [0.25, 0.3) is 17.4 Å². The molecule has 4 nitrogen and oxygen atoms in total. The molecule has 3 rings (SSSR count). The number of carbonyl (C=O) groups excluding carboxylic acids is 1. The second-order valence-corrected chi connectivity index (χ2v) is 6.23. The molecule has 0 aliphatic carbocycles. The number of thiocarbonyl (C=S) groups is 1. The third-order valence-corrected chi connectivity index (χ3v) is 4.40. The average molecular weight is 401 g/mol. The fourth-order valence-electron chi connectivity index (χ4n) is 2.48. The monoisotopic (exact) mass is 400 g/mol. The Morgan fingerprint density at radius 1 is 1.31 bits per heavy atom. The van der Waals surface area contributed by atoms with Crippen LogP contribution >= 0.6 is 23.8 Å². The number of rotatable bonds is 3. The highest BCUT2D eigenvalue weighted by atomic mass is 35.5. The van der Waals surface area contributed by atoms with Crippen molar-refractivity contribution < 1.29 is 22.4 Å². The lowest BCUT2D eigenvalue weighted by atomic mass is 10.1. The summed E-state index contributed by atoms with van der Waals surface area (Å²) < 4.78 is 44.5. The van der Waals surface area contributed by atoms with Crippen LogP contribution in [0.15, 0.2) is 40.4 Å². The van der Waals surface area contributed by atoms with Gasteiger partial charge < -0.3 is 9.73 Å². The van der Waals surface area contributed by atoms with Gasteiger partial charge in [-0.3, -0.25) is 9.69 Å². The molecular weight excluding hydrogens is 389 g/mol. The van der Waals surface area contributed by atoms with Gasteiger partial charge in [-0.05, 0) is 49.5 Å². The zero-order valence-electron chi connectivity index (χ0n) is 13.4. The zero-order valence-corrected chi connectivity index (χ0v) is 14.9. The van der Waals surface area contributed by atoms with Crippen LogP contribution in [0, 0.1) is 0 Å². The molecule has 1 amide bonds. The highest BCUT2D eigenvalue weighted by molar-refractivity contribution is 7.80. The number of hydrogen-bond donors (Lipinski definition) is 1. The number of hydrogen-bond acceptors (Lipinski definition) is 3. The Balaban J connectivity index is 1.91. The molecule has 0 unspecified atom stereocenters. The lowest BCUT2D eigenvalue weighted by Gasteiger charge is -2.09. The Bertz CT molecular complexity index is 921. The minimum Gasteiger partial charge on any atom is -0.457 e. The van der Waals surface area contributed by atoms with Crippen molar-refractivity contribution in [3.63, 3.8) is 0 Å². The normalized spacial score (nSPS) is 16.5. The van der Waals surface area contributed by atoms with Crippen molar-refractivity contribution in [1.82, 2.24) is 10.2 Å². The summed E-state index contributed by atoms with van der Waals surface area (Å²) in [5, 5.41) is 2.69. The van der Waals surface area contributed by atoms with Gasteiger partial charge in [0, 0.05) is 18.2 Å². The minimum atomic E-state index is -4.57. The topological polar surface area (TPSA) is 45.5 Å². The van der Waals surface area contributed by atoms with E-state index in [-0.39, 0.29) is 28.0 Å². The maximum absolute atomic E-state index is 13.0. The van der Waals surface area contributed by atoms with Gasteiger partial charge in [0.2, 0.25) is 0 Å². The van der Waals surface area contributed by atoms with Gasteiger partial charge in [-0.25, -0.2) is 0 Å². The summed E-state index contributed by atoms with van der Waals surface area (Å²) in [7, 11) is 0. The number of likely N-dealkylation sites (N-methyl/N-ethyl adjacent to an activating group) is 1. The molecule has 1 saturated heterocycles. The Kier molecular flexibility index (Phi) is 4.81. The first-order valence-corrected chi connectivity index (χ1v) is 8.31. The molecule has 0 radical (unpaired) electrons. The summed E-state index contributed by atoms with van der Waals surface area (Å²) in [6.45, 7) is 2.22. The van der Waals surface area contributed by atoms with E-state index in [1.54, 1.807) is 13.0 Å². The van der Waals surface area contributed by atoms with E-state index < -0.39 is 11.7 Å². The van der Waals surface area contributed by atoms with E-state index in [4.69, 9.17) is 28.2 Å². The molecule has 1 fully saturated rings. The number of carbonyl (C=O) groups is 1. The SMILES string of the molecule is CCN1C(=O)C(=Cc2ccc(-c3ccc(Cl)c(C(F)(F)F)c3)o2)NC1=S. The van der Waals surface area contributed by atoms with Crippen LogP contribution in [-0.2, 0) is 11.0 Å². The molecule has 26 heavy (non-hydrogen) atoms. The van der Waals surface area contributed by atoms with Crippen molar-refractivity contribution in [3.05, 3.63) is 52.4 Å². The van der Waals surface area contributed by atoms with E-state index in [9.17, 15) is 18.0 Å². The second-order valence-electron chi connectivity index (χ2n) is 5.43. The van der Waals surface area contributed by atoms with Gasteiger partial charge >= 0.3 is 6.18 Å². The standard InChI is InChI=1S/C17H12ClF3N2O2S/c1-2-23-15(24)13(22-16(23)26)8-10-4-6-14(25-10)9-3-5-12(18)11(7-9)17(19,20)21/h3-8H,2H2,1H3,(H,22,26). The maximum Gasteiger partial charge on any atom is 0.417 e. The molecule has 2 aromatic rings. The number of nitrogens with zero attached hydrogens (tertiary/aromatic N) is 1. The van der Waals surface area contributed by atoms with Crippen LogP contribution in [0.3, 0.4) is 0 Å². The molecule has 1 N–H and O–H groups in total. The van der Waals surface area contributed by atoms with Crippen molar-refractivity contribution >= 4 is 40.9 Å². The molecule has 1 aliphatic heterocycles. The molecular formula is C17H12ClF3N2O2S. The smallest absolute Gasteiger partial charge is 0.417 e. The molecule has 1 aliphatic rings. The van der Waals surface area contributed by atoms with Gasteiger partial charge in [-0.1, -0.05) is 11.6 Å². The molecule has 1 aromatic heterocycles. The number of benzene rings is 1. The van der Waals surface area contributed by atoms with E-state index in [2.05, 4.69) is 5.32 Å². The predicted octanol–water partition coefficient (Wildman–Crippen LogP) is 4.70. The minimum absolute atomic E-state index is 0.222. The van der Waals surface area contributed by atoms with E-state index >= 15 is 0 Å². The third-order valence-electron chi connectivity index (χ3n) is 3.75. The molecule has 2 heterocycles. The summed E-state index contributed by atoms with van der Waals surface area (Å²) in [5.74, 6) is 0.237. The van der Waals surface area contributed by atoms with Gasteiger partial charge in [-0.2, -0.15) is 13.2 Å². The van der Waals surface area contributed by atoms with E-state index in [1.807, 2.05) is 0 Å². The van der Waals surface area contributed by atoms with Gasteiger partial charge in [0.05, 0.1) is 10.6 Å². The fourth-order valence-corrected chi connectivity index (χ4v) is 3.03. The first-order chi connectivity index (χ1) is 12.2. The van der Waals surface area contributed by atoms with Gasteiger partial charge in [0.25, 0.3) is 5.91 Å². The number of alkyl halides is 3. The number of halogens is 4. The molecule has 0 bridgehead atoms. The Labute approximate surface area is 157 Å². The maximum atomic E-state index is 13.0. The van der Waals surface area contributed by atoms with Crippen molar-refractivity contribution in [2.45, 2.75) is 13.1 Å². The van der Waals surface area contributed by atoms with Crippen LogP contribution in [-0.4, -0.2) is 22.5 Å². The third kappa shape index (κ3) is 3.47. The Hall–Kier alpha value is -2.32. The second kappa shape index (κ2) is 6.77. The van der Waals surface area contributed by atoms with Crippen molar-refractivity contribution in [3.8, 4) is 11.3 Å². The molecule has 0 spiro atoms. The van der Waals surface area contributed by atoms with Gasteiger partial charge in [0.15, 0.2) is 5.11 Å². The largest absolute Gasteiger partial charge is 0.457 e. The van der Waals surface area contributed by atoms with E-state index in [0.29, 0.717) is 17.4 Å². The van der Waals surface area contributed by atoms with Crippen LogP contribution in [0.2, 0.25) is 5.02 Å². The summed E-state index contributed by atoms with van der Waals surface area (Å²) >= 11 is 10.7.